The number of benzene rings is 1. The molecule has 1 aromatic rings. The molecule has 0 saturated heterocycles. The first-order valence-corrected chi connectivity index (χ1v) is 6.77. The first kappa shape index (κ1) is 13.2. The quantitative estimate of drug-likeness (QED) is 0.813. The molecule has 18 heavy (non-hydrogen) atoms. The molecule has 100 valence electrons. The number of hydrogen-bond donors (Lipinski definition) is 1. The Bertz CT molecular complexity index is 389. The van der Waals surface area contributed by atoms with Gasteiger partial charge in [-0.15, -0.1) is 0 Å². The number of fused-ring (bicyclic) bond motifs is 1. The molecule has 2 rings (SSSR count). The van der Waals surface area contributed by atoms with E-state index in [1.54, 1.807) is 7.11 Å². The maximum absolute atomic E-state index is 10.1. The van der Waals surface area contributed by atoms with E-state index in [1.807, 2.05) is 18.2 Å². The lowest BCUT2D eigenvalue weighted by molar-refractivity contribution is 0.0603. The minimum Gasteiger partial charge on any atom is -0.497 e. The van der Waals surface area contributed by atoms with Crippen LogP contribution in [-0.2, 0) is 0 Å². The van der Waals surface area contributed by atoms with Crippen molar-refractivity contribution in [3.05, 3.63) is 23.8 Å². The van der Waals surface area contributed by atoms with Crippen molar-refractivity contribution < 1.29 is 14.6 Å². The third-order valence-corrected chi connectivity index (χ3v) is 3.49. The molecular formula is C15H22O3. The smallest absolute Gasteiger partial charge is 0.129 e. The van der Waals surface area contributed by atoms with E-state index in [1.165, 1.54) is 12.8 Å². The highest BCUT2D eigenvalue weighted by Gasteiger charge is 2.26. The minimum absolute atomic E-state index is 0.131. The molecule has 0 spiro atoms. The zero-order valence-electron chi connectivity index (χ0n) is 11.2. The van der Waals surface area contributed by atoms with Crippen molar-refractivity contribution in [1.82, 2.24) is 0 Å². The van der Waals surface area contributed by atoms with Crippen molar-refractivity contribution in [3.63, 3.8) is 0 Å². The summed E-state index contributed by atoms with van der Waals surface area (Å²) in [4.78, 5) is 0. The van der Waals surface area contributed by atoms with Gasteiger partial charge in [-0.05, 0) is 25.0 Å². The van der Waals surface area contributed by atoms with Crippen LogP contribution in [0, 0.1) is 0 Å². The molecule has 0 radical (unpaired) electrons. The molecule has 2 atom stereocenters. The molecule has 0 saturated carbocycles. The summed E-state index contributed by atoms with van der Waals surface area (Å²) < 4.78 is 11.1. The van der Waals surface area contributed by atoms with Gasteiger partial charge >= 0.3 is 0 Å². The number of methoxy groups -OCH3 is 1. The molecule has 0 amide bonds. The molecular weight excluding hydrogens is 228 g/mol. The Hall–Kier alpha value is -1.22. The fourth-order valence-corrected chi connectivity index (χ4v) is 2.42. The lowest BCUT2D eigenvalue weighted by atomic mass is 9.96. The predicted molar refractivity (Wildman–Crippen MR) is 71.1 cm³/mol. The van der Waals surface area contributed by atoms with Crippen LogP contribution in [-0.4, -0.2) is 18.3 Å². The second kappa shape index (κ2) is 6.10. The number of ether oxygens (including phenoxy) is 2. The zero-order valence-corrected chi connectivity index (χ0v) is 11.2. The highest BCUT2D eigenvalue weighted by molar-refractivity contribution is 5.43. The summed E-state index contributed by atoms with van der Waals surface area (Å²) in [6.45, 7) is 2.19. The summed E-state index contributed by atoms with van der Waals surface area (Å²) in [5.41, 5.74) is 0.877. The number of rotatable bonds is 5. The third-order valence-electron chi connectivity index (χ3n) is 3.49. The van der Waals surface area contributed by atoms with E-state index < -0.39 is 6.10 Å². The van der Waals surface area contributed by atoms with Gasteiger partial charge in [0, 0.05) is 18.1 Å². The molecule has 1 N–H and O–H groups in total. The number of aliphatic hydroxyl groups is 1. The summed E-state index contributed by atoms with van der Waals surface area (Å²) in [5, 5.41) is 10.1. The molecule has 1 aromatic carbocycles. The minimum atomic E-state index is -0.411. The summed E-state index contributed by atoms with van der Waals surface area (Å²) in [5.74, 6) is 1.55. The van der Waals surface area contributed by atoms with E-state index in [0.717, 1.165) is 29.9 Å². The van der Waals surface area contributed by atoms with E-state index in [2.05, 4.69) is 6.92 Å². The largest absolute Gasteiger partial charge is 0.497 e. The number of unbranched alkanes of at least 4 members (excludes halogenated alkanes) is 2. The van der Waals surface area contributed by atoms with Gasteiger partial charge in [0.1, 0.15) is 17.6 Å². The summed E-state index contributed by atoms with van der Waals surface area (Å²) in [6, 6.07) is 5.62. The second-order valence-corrected chi connectivity index (χ2v) is 4.89. The summed E-state index contributed by atoms with van der Waals surface area (Å²) >= 11 is 0. The van der Waals surface area contributed by atoms with Gasteiger partial charge in [0.15, 0.2) is 0 Å². The normalized spacial score (nSPS) is 22.2. The van der Waals surface area contributed by atoms with Crippen LogP contribution in [0.1, 0.15) is 50.7 Å². The number of aliphatic hydroxyl groups excluding tert-OH is 1. The Morgan fingerprint density at radius 1 is 1.39 bits per heavy atom. The van der Waals surface area contributed by atoms with Gasteiger partial charge in [-0.25, -0.2) is 0 Å². The Labute approximate surface area is 109 Å². The maximum Gasteiger partial charge on any atom is 0.129 e. The van der Waals surface area contributed by atoms with Crippen molar-refractivity contribution >= 4 is 0 Å². The van der Waals surface area contributed by atoms with Crippen LogP contribution in [0.2, 0.25) is 0 Å². The van der Waals surface area contributed by atoms with Gasteiger partial charge in [0.25, 0.3) is 0 Å². The number of hydrogen-bond acceptors (Lipinski definition) is 3. The van der Waals surface area contributed by atoms with Crippen LogP contribution in [0.4, 0.5) is 0 Å². The zero-order chi connectivity index (χ0) is 13.0. The standard InChI is InChI=1S/C15H22O3/c1-3-4-5-6-12-9-14(16)13-8-7-11(17-2)10-15(13)18-12/h7-8,10,12,14,16H,3-6,9H2,1-2H3/t12?,14-/m1/s1. The predicted octanol–water partition coefficient (Wildman–Crippen LogP) is 3.46. The highest BCUT2D eigenvalue weighted by Crippen LogP contribution is 2.38. The molecule has 1 aliphatic heterocycles. The van der Waals surface area contributed by atoms with Crippen molar-refractivity contribution in [1.29, 1.82) is 0 Å². The van der Waals surface area contributed by atoms with Gasteiger partial charge in [-0.1, -0.05) is 19.8 Å². The van der Waals surface area contributed by atoms with Gasteiger partial charge < -0.3 is 14.6 Å². The van der Waals surface area contributed by atoms with Crippen molar-refractivity contribution in [3.8, 4) is 11.5 Å². The first-order chi connectivity index (χ1) is 8.74. The Morgan fingerprint density at radius 3 is 2.94 bits per heavy atom. The summed E-state index contributed by atoms with van der Waals surface area (Å²) in [6.07, 6.45) is 5.02. The highest BCUT2D eigenvalue weighted by atomic mass is 16.5. The summed E-state index contributed by atoms with van der Waals surface area (Å²) in [7, 11) is 1.64. The average Bonchev–Trinajstić information content (AvgIpc) is 2.38. The molecule has 0 bridgehead atoms. The Balaban J connectivity index is 2.06. The molecule has 1 heterocycles. The van der Waals surface area contributed by atoms with E-state index >= 15 is 0 Å². The van der Waals surface area contributed by atoms with Crippen LogP contribution in [0.3, 0.4) is 0 Å². The topological polar surface area (TPSA) is 38.7 Å². The SMILES string of the molecule is CCCCCC1C[C@@H](O)c2ccc(OC)cc2O1. The van der Waals surface area contributed by atoms with Crippen molar-refractivity contribution in [2.24, 2.45) is 0 Å². The maximum atomic E-state index is 10.1. The Morgan fingerprint density at radius 2 is 2.22 bits per heavy atom. The van der Waals surface area contributed by atoms with Gasteiger partial charge in [0.05, 0.1) is 13.2 Å². The van der Waals surface area contributed by atoms with Crippen LogP contribution < -0.4 is 9.47 Å². The monoisotopic (exact) mass is 250 g/mol. The average molecular weight is 250 g/mol. The van der Waals surface area contributed by atoms with E-state index in [-0.39, 0.29) is 6.10 Å². The van der Waals surface area contributed by atoms with Crippen molar-refractivity contribution in [2.45, 2.75) is 51.2 Å². The third kappa shape index (κ3) is 2.96. The van der Waals surface area contributed by atoms with Gasteiger partial charge in [-0.2, -0.15) is 0 Å². The lowest BCUT2D eigenvalue weighted by Gasteiger charge is -2.30. The molecule has 0 aromatic heterocycles. The fraction of sp³-hybridized carbons (Fsp3) is 0.600. The lowest BCUT2D eigenvalue weighted by Crippen LogP contribution is -2.25. The molecule has 0 aliphatic carbocycles. The van der Waals surface area contributed by atoms with Gasteiger partial charge in [-0.3, -0.25) is 0 Å². The molecule has 0 fully saturated rings. The van der Waals surface area contributed by atoms with E-state index in [0.29, 0.717) is 6.42 Å². The molecule has 3 heteroatoms. The Kier molecular flexibility index (Phi) is 4.48. The van der Waals surface area contributed by atoms with Crippen molar-refractivity contribution in [2.75, 3.05) is 7.11 Å². The van der Waals surface area contributed by atoms with E-state index in [4.69, 9.17) is 9.47 Å². The van der Waals surface area contributed by atoms with E-state index in [9.17, 15) is 5.11 Å². The van der Waals surface area contributed by atoms with Crippen LogP contribution in [0.15, 0.2) is 18.2 Å². The van der Waals surface area contributed by atoms with Crippen LogP contribution in [0.5, 0.6) is 11.5 Å². The molecule has 3 nitrogen and oxygen atoms in total. The van der Waals surface area contributed by atoms with Crippen LogP contribution in [0.25, 0.3) is 0 Å². The van der Waals surface area contributed by atoms with Crippen LogP contribution >= 0.6 is 0 Å². The van der Waals surface area contributed by atoms with Gasteiger partial charge in [0.2, 0.25) is 0 Å². The second-order valence-electron chi connectivity index (χ2n) is 4.89. The first-order valence-electron chi connectivity index (χ1n) is 6.77. The molecule has 1 unspecified atom stereocenters. The molecule has 1 aliphatic rings. The fourth-order valence-electron chi connectivity index (χ4n) is 2.42.